The Hall–Kier alpha value is -1.03. The van der Waals surface area contributed by atoms with Gasteiger partial charge in [-0.3, -0.25) is 0 Å². The average molecular weight is 163 g/mol. The molecule has 0 aromatic carbocycles. The minimum atomic E-state index is 0.570. The van der Waals surface area contributed by atoms with Crippen molar-refractivity contribution < 1.29 is 0 Å². The van der Waals surface area contributed by atoms with Gasteiger partial charge in [0.2, 0.25) is 0 Å². The zero-order chi connectivity index (χ0) is 9.56. The predicted molar refractivity (Wildman–Crippen MR) is 53.5 cm³/mol. The number of hydrogen-bond donors (Lipinski definition) is 0. The van der Waals surface area contributed by atoms with Crippen molar-refractivity contribution in [3.8, 4) is 0 Å². The summed E-state index contributed by atoms with van der Waals surface area (Å²) in [6, 6.07) is 0. The molecule has 0 atom stereocenters. The van der Waals surface area contributed by atoms with Crippen molar-refractivity contribution in [1.29, 1.82) is 0 Å². The highest BCUT2D eigenvalue weighted by Crippen LogP contribution is 2.18. The van der Waals surface area contributed by atoms with Gasteiger partial charge >= 0.3 is 0 Å². The van der Waals surface area contributed by atoms with Crippen LogP contribution in [0.3, 0.4) is 0 Å². The van der Waals surface area contributed by atoms with Gasteiger partial charge in [0.1, 0.15) is 0 Å². The van der Waals surface area contributed by atoms with E-state index < -0.39 is 0 Å². The summed E-state index contributed by atoms with van der Waals surface area (Å²) < 4.78 is 0. The zero-order valence-corrected chi connectivity index (χ0v) is 8.33. The minimum Gasteiger partial charge on any atom is -0.246 e. The first kappa shape index (κ1) is 11.0. The van der Waals surface area contributed by atoms with Gasteiger partial charge in [0.15, 0.2) is 6.20 Å². The number of hydrogen-bond acceptors (Lipinski definition) is 0. The predicted octanol–water partition coefficient (Wildman–Crippen LogP) is 3.66. The van der Waals surface area contributed by atoms with Crippen molar-refractivity contribution in [2.24, 2.45) is 11.8 Å². The highest BCUT2D eigenvalue weighted by molar-refractivity contribution is 5.17. The molecule has 0 radical (unpaired) electrons. The quantitative estimate of drug-likeness (QED) is 0.442. The first-order valence-electron chi connectivity index (χ1n) is 4.32. The molecule has 66 valence electrons. The van der Waals surface area contributed by atoms with Crippen molar-refractivity contribution in [2.75, 3.05) is 0 Å². The molecule has 0 aliphatic heterocycles. The zero-order valence-electron chi connectivity index (χ0n) is 8.33. The highest BCUT2D eigenvalue weighted by atomic mass is 14.6. The van der Waals surface area contributed by atoms with E-state index >= 15 is 0 Å². The van der Waals surface area contributed by atoms with Gasteiger partial charge in [0.05, 0.1) is 6.57 Å². The van der Waals surface area contributed by atoms with E-state index in [1.165, 1.54) is 11.8 Å². The molecule has 12 heavy (non-hydrogen) atoms. The Bertz CT molecular complexity index is 204. The second kappa shape index (κ2) is 5.60. The van der Waals surface area contributed by atoms with Crippen LogP contribution < -0.4 is 0 Å². The van der Waals surface area contributed by atoms with Crippen LogP contribution in [0.4, 0.5) is 0 Å². The largest absolute Gasteiger partial charge is 0.246 e. The third-order valence-corrected chi connectivity index (χ3v) is 1.78. The first-order chi connectivity index (χ1) is 5.59. The Balaban J connectivity index is 4.42. The molecule has 0 unspecified atom stereocenters. The van der Waals surface area contributed by atoms with Crippen LogP contribution in [-0.2, 0) is 0 Å². The van der Waals surface area contributed by atoms with Crippen LogP contribution in [0.15, 0.2) is 23.9 Å². The maximum absolute atomic E-state index is 6.57. The Morgan fingerprint density at radius 1 is 1.17 bits per heavy atom. The summed E-state index contributed by atoms with van der Waals surface area (Å²) in [4.78, 5) is 3.15. The highest BCUT2D eigenvalue weighted by Gasteiger charge is 2.05. The lowest BCUT2D eigenvalue weighted by molar-refractivity contribution is 0.626. The van der Waals surface area contributed by atoms with Crippen molar-refractivity contribution in [2.45, 2.75) is 27.7 Å². The van der Waals surface area contributed by atoms with Gasteiger partial charge in [-0.1, -0.05) is 45.4 Å². The maximum atomic E-state index is 6.57. The molecule has 0 aromatic rings. The molecule has 0 aliphatic rings. The minimum absolute atomic E-state index is 0.570. The fourth-order valence-corrected chi connectivity index (χ4v) is 1.25. The Kier molecular flexibility index (Phi) is 5.12. The van der Waals surface area contributed by atoms with E-state index in [0.29, 0.717) is 11.8 Å². The summed E-state index contributed by atoms with van der Waals surface area (Å²) in [5, 5.41) is 0. The van der Waals surface area contributed by atoms with Crippen molar-refractivity contribution >= 4 is 0 Å². The van der Waals surface area contributed by atoms with E-state index in [-0.39, 0.29) is 0 Å². The van der Waals surface area contributed by atoms with Gasteiger partial charge in [-0.2, -0.15) is 0 Å². The van der Waals surface area contributed by atoms with Crippen molar-refractivity contribution in [3.05, 3.63) is 35.3 Å². The van der Waals surface area contributed by atoms with Crippen molar-refractivity contribution in [3.63, 3.8) is 0 Å². The summed E-state index contributed by atoms with van der Waals surface area (Å²) in [6.45, 7) is 15.3. The third-order valence-electron chi connectivity index (χ3n) is 1.78. The van der Waals surface area contributed by atoms with E-state index in [1.54, 1.807) is 0 Å². The van der Waals surface area contributed by atoms with Crippen LogP contribution in [-0.4, -0.2) is 0 Å². The van der Waals surface area contributed by atoms with Crippen LogP contribution in [0.5, 0.6) is 0 Å². The SMILES string of the molecule is [C-]#[N+]/C=C/C=C(C(C)C)C(C)C. The lowest BCUT2D eigenvalue weighted by atomic mass is 9.92. The van der Waals surface area contributed by atoms with Crippen LogP contribution in [0.2, 0.25) is 0 Å². The molecule has 0 spiro atoms. The molecule has 0 saturated carbocycles. The molecule has 0 bridgehead atoms. The summed E-state index contributed by atoms with van der Waals surface area (Å²) in [5.41, 5.74) is 1.40. The van der Waals surface area contributed by atoms with Gasteiger partial charge in [-0.25, -0.2) is 4.85 Å². The molecular weight excluding hydrogens is 146 g/mol. The van der Waals surface area contributed by atoms with Crippen LogP contribution in [0, 0.1) is 18.4 Å². The molecule has 0 fully saturated rings. The van der Waals surface area contributed by atoms with Gasteiger partial charge in [-0.15, -0.1) is 0 Å². The molecular formula is C11H17N. The summed E-state index contributed by atoms with van der Waals surface area (Å²) in [7, 11) is 0. The van der Waals surface area contributed by atoms with E-state index in [4.69, 9.17) is 6.57 Å². The molecule has 0 amide bonds. The van der Waals surface area contributed by atoms with E-state index in [2.05, 4.69) is 32.5 Å². The average Bonchev–Trinajstić information content (AvgIpc) is 1.96. The van der Waals surface area contributed by atoms with Gasteiger partial charge in [-0.05, 0) is 11.8 Å². The lowest BCUT2D eigenvalue weighted by Crippen LogP contribution is -2.01. The van der Waals surface area contributed by atoms with E-state index in [1.807, 2.05) is 12.2 Å². The molecule has 0 saturated heterocycles. The Labute approximate surface area is 75.6 Å². The van der Waals surface area contributed by atoms with Crippen LogP contribution in [0.25, 0.3) is 4.85 Å². The number of rotatable bonds is 3. The smallest absolute Gasteiger partial charge is 0.154 e. The van der Waals surface area contributed by atoms with Gasteiger partial charge in [0, 0.05) is 0 Å². The van der Waals surface area contributed by atoms with Crippen LogP contribution in [0.1, 0.15) is 27.7 Å². The second-order valence-corrected chi connectivity index (χ2v) is 3.45. The lowest BCUT2D eigenvalue weighted by Gasteiger charge is -2.14. The monoisotopic (exact) mass is 163 g/mol. The molecule has 0 rings (SSSR count). The molecule has 0 heterocycles. The maximum Gasteiger partial charge on any atom is 0.154 e. The molecule has 0 N–H and O–H groups in total. The van der Waals surface area contributed by atoms with E-state index in [9.17, 15) is 0 Å². The normalized spacial score (nSPS) is 10.8. The standard InChI is InChI=1S/C11H17N/c1-9(2)11(10(3)4)7-6-8-12-5/h6-10H,1-4H3/b8-6+. The van der Waals surface area contributed by atoms with E-state index in [0.717, 1.165) is 0 Å². The Morgan fingerprint density at radius 2 is 1.67 bits per heavy atom. The first-order valence-corrected chi connectivity index (χ1v) is 4.32. The summed E-state index contributed by atoms with van der Waals surface area (Å²) >= 11 is 0. The fraction of sp³-hybridized carbons (Fsp3) is 0.545. The van der Waals surface area contributed by atoms with Gasteiger partial charge < -0.3 is 0 Å². The number of nitrogens with zero attached hydrogens (tertiary/aromatic N) is 1. The second-order valence-electron chi connectivity index (χ2n) is 3.45. The molecule has 0 aliphatic carbocycles. The van der Waals surface area contributed by atoms with Gasteiger partial charge in [0.25, 0.3) is 0 Å². The number of allylic oxidation sites excluding steroid dienone is 3. The van der Waals surface area contributed by atoms with Crippen LogP contribution >= 0.6 is 0 Å². The molecule has 1 heteroatoms. The summed E-state index contributed by atoms with van der Waals surface area (Å²) in [5.74, 6) is 1.14. The molecule has 0 aromatic heterocycles. The van der Waals surface area contributed by atoms with Crippen molar-refractivity contribution in [1.82, 2.24) is 0 Å². The topological polar surface area (TPSA) is 4.36 Å². The fourth-order valence-electron chi connectivity index (χ4n) is 1.25. The molecule has 1 nitrogen and oxygen atoms in total. The summed E-state index contributed by atoms with van der Waals surface area (Å²) in [6.07, 6.45) is 5.36. The third kappa shape index (κ3) is 3.98. The Morgan fingerprint density at radius 3 is 2.00 bits per heavy atom.